The first-order valence-electron chi connectivity index (χ1n) is 18.1. The first kappa shape index (κ1) is 42.4. The summed E-state index contributed by atoms with van der Waals surface area (Å²) in [6.45, 7) is 7.59. The van der Waals surface area contributed by atoms with E-state index in [-0.39, 0.29) is 24.7 Å². The molecule has 2 aliphatic heterocycles. The number of benzene rings is 2. The van der Waals surface area contributed by atoms with Gasteiger partial charge in [-0.3, -0.25) is 9.59 Å². The Balaban J connectivity index is 1.17. The van der Waals surface area contributed by atoms with Crippen molar-refractivity contribution >= 4 is 24.2 Å². The number of hydrazone groups is 2. The third kappa shape index (κ3) is 18.6. The number of amides is 2. The minimum absolute atomic E-state index is 0.0960. The molecular formula is C37H52N4O13. The summed E-state index contributed by atoms with van der Waals surface area (Å²) in [6, 6.07) is 10.6. The second-order valence-electron chi connectivity index (χ2n) is 11.5. The maximum Gasteiger partial charge on any atom is 0.240 e. The molecule has 2 heterocycles. The van der Waals surface area contributed by atoms with Gasteiger partial charge < -0.3 is 52.1 Å². The second kappa shape index (κ2) is 27.3. The largest absolute Gasteiger partial charge is 0.487 e. The molecule has 2 N–H and O–H groups in total. The average molecular weight is 761 g/mol. The summed E-state index contributed by atoms with van der Waals surface area (Å²) in [5.41, 5.74) is 6.35. The number of fused-ring (bicyclic) bond motifs is 2. The molecule has 0 atom stereocenters. The normalized spacial score (nSPS) is 18.1. The zero-order chi connectivity index (χ0) is 37.7. The minimum atomic E-state index is -0.335. The fraction of sp³-hybridized carbons (Fsp3) is 0.568. The third-order valence-corrected chi connectivity index (χ3v) is 7.35. The number of nitrogens with zero attached hydrogens (tertiary/aromatic N) is 2. The molecule has 2 amide bonds. The van der Waals surface area contributed by atoms with Crippen LogP contribution in [0.15, 0.2) is 46.6 Å². The molecule has 0 unspecified atom stereocenters. The Hall–Kier alpha value is -4.36. The Labute approximate surface area is 315 Å². The molecule has 4 rings (SSSR count). The van der Waals surface area contributed by atoms with E-state index >= 15 is 0 Å². The summed E-state index contributed by atoms with van der Waals surface area (Å²) >= 11 is 0. The van der Waals surface area contributed by atoms with Crippen LogP contribution in [0.1, 0.15) is 30.4 Å². The van der Waals surface area contributed by atoms with E-state index in [4.69, 9.17) is 52.1 Å². The molecule has 0 spiro atoms. The predicted octanol–water partition coefficient (Wildman–Crippen LogP) is 2.12. The lowest BCUT2D eigenvalue weighted by atomic mass is 10.2. The van der Waals surface area contributed by atoms with Crippen LogP contribution in [-0.2, 0) is 42.7 Å². The number of ether oxygens (including phenoxy) is 11. The van der Waals surface area contributed by atoms with Gasteiger partial charge >= 0.3 is 0 Å². The minimum Gasteiger partial charge on any atom is -0.487 e. The molecule has 0 fully saturated rings. The maximum absolute atomic E-state index is 12.4. The molecule has 0 aliphatic carbocycles. The van der Waals surface area contributed by atoms with Crippen molar-refractivity contribution < 1.29 is 61.7 Å². The van der Waals surface area contributed by atoms with Crippen LogP contribution in [0.4, 0.5) is 0 Å². The van der Waals surface area contributed by atoms with Crippen molar-refractivity contribution in [2.24, 2.45) is 10.2 Å². The topological polar surface area (TPSA) is 184 Å². The number of carbonyl (C=O) groups excluding carboxylic acids is 2. The SMILES string of the molecule is O=C(CCCC(=O)N/N=C/c1ccc2c(c1)OCCOCCOCCOCCO2)N/N=C/c1ccc2c(c1)OCCOCCOCCOCCOCCO2. The summed E-state index contributed by atoms with van der Waals surface area (Å²) in [5.74, 6) is 1.45. The van der Waals surface area contributed by atoms with Crippen molar-refractivity contribution in [3.8, 4) is 23.0 Å². The molecule has 17 heteroatoms. The first-order chi connectivity index (χ1) is 26.7. The summed E-state index contributed by atoms with van der Waals surface area (Å²) in [6.07, 6.45) is 3.50. The van der Waals surface area contributed by atoms with E-state index in [2.05, 4.69) is 21.1 Å². The van der Waals surface area contributed by atoms with Gasteiger partial charge in [-0.1, -0.05) is 0 Å². The first-order valence-corrected chi connectivity index (χ1v) is 18.1. The van der Waals surface area contributed by atoms with Crippen LogP contribution >= 0.6 is 0 Å². The average Bonchev–Trinajstić information content (AvgIpc) is 3.18. The van der Waals surface area contributed by atoms with Crippen molar-refractivity contribution in [1.29, 1.82) is 0 Å². The fourth-order valence-corrected chi connectivity index (χ4v) is 4.70. The summed E-state index contributed by atoms with van der Waals surface area (Å²) in [4.78, 5) is 24.7. The number of hydrogen-bond acceptors (Lipinski definition) is 15. The van der Waals surface area contributed by atoms with Crippen LogP contribution in [-0.4, -0.2) is 143 Å². The van der Waals surface area contributed by atoms with Gasteiger partial charge in [-0.15, -0.1) is 0 Å². The Bertz CT molecular complexity index is 1430. The monoisotopic (exact) mass is 760 g/mol. The number of rotatable bonds is 8. The van der Waals surface area contributed by atoms with E-state index in [1.807, 2.05) is 0 Å². The van der Waals surface area contributed by atoms with Crippen molar-refractivity contribution in [3.05, 3.63) is 47.5 Å². The zero-order valence-electron chi connectivity index (χ0n) is 30.7. The van der Waals surface area contributed by atoms with Crippen LogP contribution in [0.5, 0.6) is 23.0 Å². The predicted molar refractivity (Wildman–Crippen MR) is 196 cm³/mol. The van der Waals surface area contributed by atoms with Gasteiger partial charge in [0.2, 0.25) is 11.8 Å². The molecule has 0 aromatic heterocycles. The molecule has 54 heavy (non-hydrogen) atoms. The van der Waals surface area contributed by atoms with Crippen LogP contribution < -0.4 is 29.8 Å². The lowest BCUT2D eigenvalue weighted by Crippen LogP contribution is -2.20. The van der Waals surface area contributed by atoms with Crippen molar-refractivity contribution in [3.63, 3.8) is 0 Å². The Morgan fingerprint density at radius 3 is 1.07 bits per heavy atom. The molecule has 2 aliphatic rings. The third-order valence-electron chi connectivity index (χ3n) is 7.35. The number of carbonyl (C=O) groups is 2. The van der Waals surface area contributed by atoms with Crippen molar-refractivity contribution in [1.82, 2.24) is 10.9 Å². The number of hydrogen-bond donors (Lipinski definition) is 2. The highest BCUT2D eigenvalue weighted by Crippen LogP contribution is 2.29. The van der Waals surface area contributed by atoms with Gasteiger partial charge in [-0.2, -0.15) is 10.2 Å². The van der Waals surface area contributed by atoms with E-state index < -0.39 is 0 Å². The lowest BCUT2D eigenvalue weighted by Gasteiger charge is -2.14. The van der Waals surface area contributed by atoms with E-state index in [0.29, 0.717) is 159 Å². The molecule has 298 valence electrons. The van der Waals surface area contributed by atoms with Crippen molar-refractivity contribution in [2.75, 3.05) is 119 Å². The molecule has 2 aromatic carbocycles. The standard InChI is InChI=1S/C37H52N4O13/c42-36(40-38-28-30-4-6-32-34(26-30)53-24-20-49-16-12-45-9-8-44-10-14-47-18-22-51-32)2-1-3-37(43)41-39-29-31-5-7-33-35(27-31)54-25-21-50-17-13-46-11-15-48-19-23-52-33/h4-7,26-29H,1-3,8-25H2,(H,40,42)(H,41,43)/b38-28+,39-29+. The van der Waals surface area contributed by atoms with Gasteiger partial charge in [0.05, 0.1) is 105 Å². The zero-order valence-corrected chi connectivity index (χ0v) is 30.7. The van der Waals surface area contributed by atoms with E-state index in [1.165, 1.54) is 12.4 Å². The van der Waals surface area contributed by atoms with Gasteiger partial charge in [0.25, 0.3) is 0 Å². The molecule has 0 saturated heterocycles. The molecule has 2 aromatic rings. The van der Waals surface area contributed by atoms with Crippen molar-refractivity contribution in [2.45, 2.75) is 19.3 Å². The van der Waals surface area contributed by atoms with Gasteiger partial charge in [-0.25, -0.2) is 10.9 Å². The van der Waals surface area contributed by atoms with Gasteiger partial charge in [-0.05, 0) is 53.9 Å². The van der Waals surface area contributed by atoms with Gasteiger partial charge in [0.15, 0.2) is 23.0 Å². The van der Waals surface area contributed by atoms with Crippen LogP contribution in [0.2, 0.25) is 0 Å². The lowest BCUT2D eigenvalue weighted by molar-refractivity contribution is -0.122. The molecule has 0 bridgehead atoms. The second-order valence-corrected chi connectivity index (χ2v) is 11.5. The summed E-state index contributed by atoms with van der Waals surface area (Å²) in [7, 11) is 0. The summed E-state index contributed by atoms with van der Waals surface area (Å²) < 4.78 is 62.0. The van der Waals surface area contributed by atoms with Crippen LogP contribution in [0.25, 0.3) is 0 Å². The fourth-order valence-electron chi connectivity index (χ4n) is 4.70. The Kier molecular flexibility index (Phi) is 21.4. The van der Waals surface area contributed by atoms with Gasteiger partial charge in [0, 0.05) is 12.8 Å². The smallest absolute Gasteiger partial charge is 0.240 e. The quantitative estimate of drug-likeness (QED) is 0.295. The molecule has 0 saturated carbocycles. The molecular weight excluding hydrogens is 708 g/mol. The summed E-state index contributed by atoms with van der Waals surface area (Å²) in [5, 5.41) is 8.10. The van der Waals surface area contributed by atoms with E-state index in [0.717, 1.165) is 0 Å². The van der Waals surface area contributed by atoms with E-state index in [9.17, 15) is 9.59 Å². The van der Waals surface area contributed by atoms with Gasteiger partial charge in [0.1, 0.15) is 26.4 Å². The highest BCUT2D eigenvalue weighted by Gasteiger charge is 2.10. The number of nitrogens with one attached hydrogen (secondary N) is 2. The highest BCUT2D eigenvalue weighted by atomic mass is 16.6. The Morgan fingerprint density at radius 1 is 0.444 bits per heavy atom. The van der Waals surface area contributed by atoms with E-state index in [1.54, 1.807) is 36.4 Å². The molecule has 17 nitrogen and oxygen atoms in total. The van der Waals surface area contributed by atoms with Crippen LogP contribution in [0, 0.1) is 0 Å². The Morgan fingerprint density at radius 2 is 0.741 bits per heavy atom. The highest BCUT2D eigenvalue weighted by molar-refractivity contribution is 5.84. The molecule has 0 radical (unpaired) electrons. The maximum atomic E-state index is 12.4. The van der Waals surface area contributed by atoms with Crippen LogP contribution in [0.3, 0.4) is 0 Å².